The predicted molar refractivity (Wildman–Crippen MR) is 97.3 cm³/mol. The van der Waals surface area contributed by atoms with Crippen LogP contribution in [0.1, 0.15) is 39.2 Å². The van der Waals surface area contributed by atoms with Crippen LogP contribution in [0.15, 0.2) is 30.3 Å². The van der Waals surface area contributed by atoms with E-state index in [9.17, 15) is 4.79 Å². The number of fused-ring (bicyclic) bond motifs is 1. The fourth-order valence-electron chi connectivity index (χ4n) is 4.51. The van der Waals surface area contributed by atoms with Crippen LogP contribution in [0.4, 0.5) is 0 Å². The molecule has 1 saturated carbocycles. The van der Waals surface area contributed by atoms with Crippen LogP contribution in [0.5, 0.6) is 0 Å². The highest BCUT2D eigenvalue weighted by atomic mass is 16.1. The number of nitrogens with two attached hydrogens (primary N) is 1. The van der Waals surface area contributed by atoms with Crippen molar-refractivity contribution in [2.24, 2.45) is 23.0 Å². The standard InChI is InChI=1S/C20H31N3O/c1-20(2,3)18(19(21)24)22-17-10-9-15-12-23(13-16(15)17)11-14-7-5-4-6-8-14/h4-8,15-18,22H,9-13H2,1-3H3,(H2,21,24)/t15-,16+,17+,18+/m0/s1. The molecule has 2 fully saturated rings. The van der Waals surface area contributed by atoms with Crippen LogP contribution >= 0.6 is 0 Å². The summed E-state index contributed by atoms with van der Waals surface area (Å²) in [5, 5.41) is 3.61. The largest absolute Gasteiger partial charge is 0.368 e. The molecule has 1 aliphatic heterocycles. The molecule has 1 aliphatic carbocycles. The highest BCUT2D eigenvalue weighted by Crippen LogP contribution is 2.39. The molecular formula is C20H31N3O. The Morgan fingerprint density at radius 2 is 1.96 bits per heavy atom. The topological polar surface area (TPSA) is 58.4 Å². The van der Waals surface area contributed by atoms with Crippen LogP contribution in [0.2, 0.25) is 0 Å². The van der Waals surface area contributed by atoms with Crippen molar-refractivity contribution in [3.8, 4) is 0 Å². The van der Waals surface area contributed by atoms with Gasteiger partial charge in [-0.15, -0.1) is 0 Å². The molecule has 1 amide bonds. The van der Waals surface area contributed by atoms with Gasteiger partial charge in [0.2, 0.25) is 5.91 Å². The molecule has 0 bridgehead atoms. The van der Waals surface area contributed by atoms with E-state index in [0.717, 1.165) is 25.4 Å². The van der Waals surface area contributed by atoms with Crippen LogP contribution < -0.4 is 11.1 Å². The number of hydrogen-bond donors (Lipinski definition) is 2. The van der Waals surface area contributed by atoms with E-state index in [4.69, 9.17) is 5.73 Å². The molecular weight excluding hydrogens is 298 g/mol. The maximum atomic E-state index is 11.9. The summed E-state index contributed by atoms with van der Waals surface area (Å²) in [6, 6.07) is 10.8. The first kappa shape index (κ1) is 17.4. The van der Waals surface area contributed by atoms with Gasteiger partial charge in [0.25, 0.3) is 0 Å². The minimum Gasteiger partial charge on any atom is -0.368 e. The summed E-state index contributed by atoms with van der Waals surface area (Å²) in [4.78, 5) is 14.4. The Labute approximate surface area is 145 Å². The van der Waals surface area contributed by atoms with E-state index in [1.807, 2.05) is 0 Å². The molecule has 24 heavy (non-hydrogen) atoms. The number of carbonyl (C=O) groups is 1. The number of nitrogens with zero attached hydrogens (tertiary/aromatic N) is 1. The molecule has 132 valence electrons. The maximum absolute atomic E-state index is 11.9. The van der Waals surface area contributed by atoms with Crippen molar-refractivity contribution in [3.05, 3.63) is 35.9 Å². The van der Waals surface area contributed by atoms with Gasteiger partial charge in [0.05, 0.1) is 6.04 Å². The van der Waals surface area contributed by atoms with E-state index in [1.165, 1.54) is 18.5 Å². The van der Waals surface area contributed by atoms with E-state index in [0.29, 0.717) is 12.0 Å². The Morgan fingerprint density at radius 3 is 2.58 bits per heavy atom. The molecule has 4 nitrogen and oxygen atoms in total. The van der Waals surface area contributed by atoms with Crippen LogP contribution in [-0.4, -0.2) is 36.0 Å². The van der Waals surface area contributed by atoms with Crippen molar-refractivity contribution in [2.75, 3.05) is 13.1 Å². The van der Waals surface area contributed by atoms with Gasteiger partial charge in [-0.3, -0.25) is 9.69 Å². The number of carbonyl (C=O) groups excluding carboxylic acids is 1. The Balaban J connectivity index is 1.62. The van der Waals surface area contributed by atoms with Crippen LogP contribution in [0.25, 0.3) is 0 Å². The molecule has 0 aromatic heterocycles. The summed E-state index contributed by atoms with van der Waals surface area (Å²) in [5.74, 6) is 1.16. The fourth-order valence-corrected chi connectivity index (χ4v) is 4.51. The number of benzene rings is 1. The zero-order chi connectivity index (χ0) is 17.3. The number of nitrogens with one attached hydrogen (secondary N) is 1. The third-order valence-electron chi connectivity index (χ3n) is 5.71. The van der Waals surface area contributed by atoms with E-state index in [1.54, 1.807) is 0 Å². The lowest BCUT2D eigenvalue weighted by molar-refractivity contribution is -0.122. The van der Waals surface area contributed by atoms with E-state index >= 15 is 0 Å². The smallest absolute Gasteiger partial charge is 0.235 e. The molecule has 0 spiro atoms. The molecule has 0 unspecified atom stereocenters. The minimum atomic E-state index is -0.260. The van der Waals surface area contributed by atoms with Gasteiger partial charge >= 0.3 is 0 Å². The van der Waals surface area contributed by atoms with Crippen molar-refractivity contribution < 1.29 is 4.79 Å². The Bertz CT molecular complexity index is 566. The zero-order valence-electron chi connectivity index (χ0n) is 15.2. The number of primary amides is 1. The molecule has 4 heteroatoms. The van der Waals surface area contributed by atoms with Crippen LogP contribution in [0, 0.1) is 17.3 Å². The van der Waals surface area contributed by atoms with E-state index in [-0.39, 0.29) is 17.4 Å². The van der Waals surface area contributed by atoms with Gasteiger partial charge in [-0.2, -0.15) is 0 Å². The summed E-state index contributed by atoms with van der Waals surface area (Å²) in [7, 11) is 0. The molecule has 1 aromatic rings. The van der Waals surface area contributed by atoms with Crippen molar-refractivity contribution >= 4 is 5.91 Å². The lowest BCUT2D eigenvalue weighted by Crippen LogP contribution is -2.54. The number of amides is 1. The molecule has 3 rings (SSSR count). The van der Waals surface area contributed by atoms with E-state index < -0.39 is 0 Å². The van der Waals surface area contributed by atoms with Crippen molar-refractivity contribution in [2.45, 2.75) is 52.2 Å². The molecule has 0 radical (unpaired) electrons. The normalized spacial score (nSPS) is 28.7. The summed E-state index contributed by atoms with van der Waals surface area (Å²) >= 11 is 0. The Morgan fingerprint density at radius 1 is 1.25 bits per heavy atom. The molecule has 1 saturated heterocycles. The number of hydrogen-bond acceptors (Lipinski definition) is 3. The number of rotatable bonds is 5. The molecule has 3 N–H and O–H groups in total. The van der Waals surface area contributed by atoms with Gasteiger partial charge in [-0.25, -0.2) is 0 Å². The Hall–Kier alpha value is -1.39. The van der Waals surface area contributed by atoms with Gasteiger partial charge in [0, 0.05) is 25.7 Å². The summed E-state index contributed by atoms with van der Waals surface area (Å²) in [5.41, 5.74) is 6.89. The van der Waals surface area contributed by atoms with Gasteiger partial charge in [-0.05, 0) is 35.7 Å². The molecule has 1 heterocycles. The van der Waals surface area contributed by atoms with Gasteiger partial charge in [-0.1, -0.05) is 51.1 Å². The molecule has 4 atom stereocenters. The lowest BCUT2D eigenvalue weighted by Gasteiger charge is -2.33. The summed E-state index contributed by atoms with van der Waals surface area (Å²) in [6.45, 7) is 9.56. The third kappa shape index (κ3) is 3.81. The van der Waals surface area contributed by atoms with Crippen LogP contribution in [-0.2, 0) is 11.3 Å². The second-order valence-corrected chi connectivity index (χ2v) is 8.66. The SMILES string of the molecule is CC(C)(C)[C@H](N[C@@H]1CC[C@H]2CN(Cc3ccccc3)C[C@H]21)C(N)=O. The first-order valence-electron chi connectivity index (χ1n) is 9.16. The van der Waals surface area contributed by atoms with Gasteiger partial charge in [0.1, 0.15) is 0 Å². The summed E-state index contributed by atoms with van der Waals surface area (Å²) in [6.07, 6.45) is 2.41. The molecule has 1 aromatic carbocycles. The first-order chi connectivity index (χ1) is 11.3. The zero-order valence-corrected chi connectivity index (χ0v) is 15.2. The van der Waals surface area contributed by atoms with Crippen LogP contribution in [0.3, 0.4) is 0 Å². The average molecular weight is 329 g/mol. The quantitative estimate of drug-likeness (QED) is 0.872. The van der Waals surface area contributed by atoms with Crippen molar-refractivity contribution in [3.63, 3.8) is 0 Å². The number of likely N-dealkylation sites (tertiary alicyclic amines) is 1. The third-order valence-corrected chi connectivity index (χ3v) is 5.71. The van der Waals surface area contributed by atoms with E-state index in [2.05, 4.69) is 61.3 Å². The Kier molecular flexibility index (Phi) is 4.97. The molecule has 2 aliphatic rings. The fraction of sp³-hybridized carbons (Fsp3) is 0.650. The van der Waals surface area contributed by atoms with Gasteiger partial charge in [0.15, 0.2) is 0 Å². The highest BCUT2D eigenvalue weighted by molar-refractivity contribution is 5.80. The average Bonchev–Trinajstić information content (AvgIpc) is 3.04. The predicted octanol–water partition coefficient (Wildman–Crippen LogP) is 2.39. The first-order valence-corrected chi connectivity index (χ1v) is 9.16. The highest BCUT2D eigenvalue weighted by Gasteiger charge is 2.44. The monoisotopic (exact) mass is 329 g/mol. The van der Waals surface area contributed by atoms with Gasteiger partial charge < -0.3 is 11.1 Å². The second-order valence-electron chi connectivity index (χ2n) is 8.66. The lowest BCUT2D eigenvalue weighted by atomic mass is 9.85. The van der Waals surface area contributed by atoms with Crippen molar-refractivity contribution in [1.82, 2.24) is 10.2 Å². The van der Waals surface area contributed by atoms with Crippen molar-refractivity contribution in [1.29, 1.82) is 0 Å². The minimum absolute atomic E-state index is 0.147. The second kappa shape index (κ2) is 6.85. The summed E-state index contributed by atoms with van der Waals surface area (Å²) < 4.78 is 0. The maximum Gasteiger partial charge on any atom is 0.235 e.